The lowest BCUT2D eigenvalue weighted by atomic mass is 9.86. The molecular formula is C20H20. The van der Waals surface area contributed by atoms with Gasteiger partial charge in [0.15, 0.2) is 0 Å². The summed E-state index contributed by atoms with van der Waals surface area (Å²) < 4.78 is 0. The monoisotopic (exact) mass is 260 g/mol. The first-order valence-corrected chi connectivity index (χ1v) is 6.70. The molecule has 0 heterocycles. The molecule has 0 nitrogen and oxygen atoms in total. The van der Waals surface area contributed by atoms with Crippen LogP contribution in [0, 0.1) is 0 Å². The maximum atomic E-state index is 4.28. The molecular weight excluding hydrogens is 240 g/mol. The first-order valence-electron chi connectivity index (χ1n) is 6.70. The Hall–Kier alpha value is -2.34. The van der Waals surface area contributed by atoms with Gasteiger partial charge in [-0.1, -0.05) is 63.8 Å². The number of hydrogen-bond donors (Lipinski definition) is 0. The van der Waals surface area contributed by atoms with Gasteiger partial charge >= 0.3 is 0 Å². The third kappa shape index (κ3) is 1.94. The van der Waals surface area contributed by atoms with Gasteiger partial charge in [-0.15, -0.1) is 0 Å². The van der Waals surface area contributed by atoms with Gasteiger partial charge < -0.3 is 0 Å². The van der Waals surface area contributed by atoms with Gasteiger partial charge in [0.1, 0.15) is 0 Å². The maximum absolute atomic E-state index is 4.28. The molecule has 0 fully saturated rings. The summed E-state index contributed by atoms with van der Waals surface area (Å²) >= 11 is 0. The average Bonchev–Trinajstić information content (AvgIpc) is 2.48. The van der Waals surface area contributed by atoms with E-state index >= 15 is 0 Å². The fourth-order valence-corrected chi connectivity index (χ4v) is 2.89. The minimum absolute atomic E-state index is 0.901. The van der Waals surface area contributed by atoms with Crippen molar-refractivity contribution in [3.05, 3.63) is 76.0 Å². The van der Waals surface area contributed by atoms with Crippen molar-refractivity contribution in [2.45, 2.75) is 12.8 Å². The van der Waals surface area contributed by atoms with E-state index < -0.39 is 0 Å². The molecule has 0 aliphatic heterocycles. The Morgan fingerprint density at radius 2 is 1.60 bits per heavy atom. The van der Waals surface area contributed by atoms with Crippen molar-refractivity contribution in [3.8, 4) is 0 Å². The molecule has 0 unspecified atom stereocenters. The molecule has 2 rings (SSSR count). The zero-order valence-electron chi connectivity index (χ0n) is 12.0. The molecule has 0 saturated heterocycles. The minimum atomic E-state index is 0.901. The van der Waals surface area contributed by atoms with Crippen LogP contribution >= 0.6 is 0 Å². The van der Waals surface area contributed by atoms with Crippen molar-refractivity contribution in [1.82, 2.24) is 0 Å². The van der Waals surface area contributed by atoms with Crippen LogP contribution < -0.4 is 20.9 Å². The number of allylic oxidation sites excluding steroid dienone is 5. The second-order valence-corrected chi connectivity index (χ2v) is 4.93. The van der Waals surface area contributed by atoms with Crippen molar-refractivity contribution in [1.29, 1.82) is 0 Å². The zero-order valence-corrected chi connectivity index (χ0v) is 12.0. The lowest BCUT2D eigenvalue weighted by Crippen LogP contribution is -2.51. The molecule has 0 heteroatoms. The lowest BCUT2D eigenvalue weighted by Gasteiger charge is -2.18. The largest absolute Gasteiger partial charge is 0.0985 e. The summed E-state index contributed by atoms with van der Waals surface area (Å²) in [5, 5.41) is 3.89. The van der Waals surface area contributed by atoms with E-state index in [1.54, 1.807) is 12.2 Å². The first-order chi connectivity index (χ1) is 9.56. The van der Waals surface area contributed by atoms with Gasteiger partial charge in [0.05, 0.1) is 0 Å². The molecule has 100 valence electrons. The van der Waals surface area contributed by atoms with E-state index in [1.165, 1.54) is 5.56 Å². The highest BCUT2D eigenvalue weighted by atomic mass is 14.2. The second-order valence-electron chi connectivity index (χ2n) is 4.93. The molecule has 0 radical (unpaired) electrons. The Bertz CT molecular complexity index is 835. The summed E-state index contributed by atoms with van der Waals surface area (Å²) in [6.07, 6.45) is 9.66. The van der Waals surface area contributed by atoms with Crippen molar-refractivity contribution in [2.75, 3.05) is 0 Å². The van der Waals surface area contributed by atoms with Crippen LogP contribution in [0.1, 0.15) is 17.5 Å². The highest BCUT2D eigenvalue weighted by molar-refractivity contribution is 5.78. The van der Waals surface area contributed by atoms with Crippen molar-refractivity contribution in [3.63, 3.8) is 0 Å². The van der Waals surface area contributed by atoms with Gasteiger partial charge in [0, 0.05) is 0 Å². The van der Waals surface area contributed by atoms with Gasteiger partial charge in [0.25, 0.3) is 0 Å². The molecule has 0 saturated carbocycles. The molecule has 0 bridgehead atoms. The van der Waals surface area contributed by atoms with Crippen LogP contribution in [0.3, 0.4) is 0 Å². The van der Waals surface area contributed by atoms with Gasteiger partial charge in [-0.25, -0.2) is 0 Å². The number of rotatable bonds is 3. The summed E-state index contributed by atoms with van der Waals surface area (Å²) in [5.74, 6) is 0. The highest BCUT2D eigenvalue weighted by Gasteiger charge is 2.14. The Morgan fingerprint density at radius 3 is 2.15 bits per heavy atom. The van der Waals surface area contributed by atoms with Crippen LogP contribution in [-0.2, 0) is 6.42 Å². The molecule has 1 aromatic rings. The normalized spacial score (nSPS) is 13.1. The summed E-state index contributed by atoms with van der Waals surface area (Å²) in [6.45, 7) is 24.3. The maximum Gasteiger partial charge on any atom is -0.00422 e. The van der Waals surface area contributed by atoms with Crippen LogP contribution in [0.2, 0.25) is 0 Å². The Labute approximate surface area is 120 Å². The van der Waals surface area contributed by atoms with Gasteiger partial charge in [-0.3, -0.25) is 0 Å². The van der Waals surface area contributed by atoms with E-state index in [-0.39, 0.29) is 0 Å². The molecule has 0 aromatic heterocycles. The van der Waals surface area contributed by atoms with E-state index in [2.05, 4.69) is 45.5 Å². The second kappa shape index (κ2) is 5.34. The lowest BCUT2D eigenvalue weighted by molar-refractivity contribution is 0.960. The van der Waals surface area contributed by atoms with Crippen molar-refractivity contribution in [2.24, 2.45) is 0 Å². The van der Waals surface area contributed by atoms with Crippen molar-refractivity contribution >= 4 is 30.9 Å². The fourth-order valence-electron chi connectivity index (χ4n) is 2.89. The standard InChI is InChI=1S/C20H20/c1-7-16(8-2)19-13(4)14(5)20-17(9-3)11-10-12-18(20)15(19)6/h7-9,11H,1-6,10,12H2. The Kier molecular flexibility index (Phi) is 3.76. The van der Waals surface area contributed by atoms with Crippen molar-refractivity contribution < 1.29 is 0 Å². The number of hydrogen-bond acceptors (Lipinski definition) is 0. The van der Waals surface area contributed by atoms with Crippen LogP contribution in [-0.4, -0.2) is 0 Å². The Balaban J connectivity index is 3.14. The zero-order chi connectivity index (χ0) is 14.9. The van der Waals surface area contributed by atoms with Gasteiger partial charge in [0.2, 0.25) is 0 Å². The fraction of sp³-hybridized carbons (Fsp3) is 0.100. The SMILES string of the molecule is C=CC1=CCCc2c1c(=C)c(=C)c(=C(C=C)C=C)c2=C. The summed E-state index contributed by atoms with van der Waals surface area (Å²) in [6, 6.07) is 0. The van der Waals surface area contributed by atoms with E-state index in [4.69, 9.17) is 0 Å². The molecule has 0 atom stereocenters. The third-order valence-corrected chi connectivity index (χ3v) is 3.93. The molecule has 0 spiro atoms. The van der Waals surface area contributed by atoms with E-state index in [0.29, 0.717) is 0 Å². The summed E-state index contributed by atoms with van der Waals surface area (Å²) in [4.78, 5) is 0. The predicted octanol–water partition coefficient (Wildman–Crippen LogP) is 1.96. The smallest absolute Gasteiger partial charge is 0.00422 e. The molecule has 20 heavy (non-hydrogen) atoms. The van der Waals surface area contributed by atoms with Crippen LogP contribution in [0.15, 0.2) is 44.0 Å². The highest BCUT2D eigenvalue weighted by Crippen LogP contribution is 2.20. The summed E-state index contributed by atoms with van der Waals surface area (Å²) in [7, 11) is 0. The van der Waals surface area contributed by atoms with Gasteiger partial charge in [-0.05, 0) is 56.0 Å². The average molecular weight is 260 g/mol. The molecule has 1 aliphatic rings. The topological polar surface area (TPSA) is 0 Å². The minimum Gasteiger partial charge on any atom is -0.0985 e. The van der Waals surface area contributed by atoms with Crippen LogP contribution in [0.5, 0.6) is 0 Å². The third-order valence-electron chi connectivity index (χ3n) is 3.93. The van der Waals surface area contributed by atoms with E-state index in [1.807, 2.05) is 6.08 Å². The van der Waals surface area contributed by atoms with Crippen LogP contribution in [0.25, 0.3) is 30.9 Å². The molecule has 0 amide bonds. The number of fused-ring (bicyclic) bond motifs is 1. The van der Waals surface area contributed by atoms with Gasteiger partial charge in [-0.2, -0.15) is 0 Å². The summed E-state index contributed by atoms with van der Waals surface area (Å²) in [5.41, 5.74) is 4.49. The van der Waals surface area contributed by atoms with E-state index in [9.17, 15) is 0 Å². The first kappa shape index (κ1) is 14.1. The molecule has 1 aromatic carbocycles. The Morgan fingerprint density at radius 1 is 0.950 bits per heavy atom. The number of benzene rings is 1. The quantitative estimate of drug-likeness (QED) is 0.779. The van der Waals surface area contributed by atoms with Crippen LogP contribution in [0.4, 0.5) is 0 Å². The van der Waals surface area contributed by atoms with E-state index in [0.717, 1.165) is 50.4 Å². The predicted molar refractivity (Wildman–Crippen MR) is 91.8 cm³/mol. The molecule has 1 aliphatic carbocycles. The molecule has 0 N–H and O–H groups in total.